The molecule has 0 aromatic carbocycles. The van der Waals surface area contributed by atoms with Crippen LogP contribution in [0.2, 0.25) is 0 Å². The summed E-state index contributed by atoms with van der Waals surface area (Å²) in [5.41, 5.74) is 3.21. The summed E-state index contributed by atoms with van der Waals surface area (Å²) in [6.07, 6.45) is 3.75. The standard InChI is InChI=1S/C21H28N6O2/c1-14-6-7-17(22-11-14)12-23-19-10-20(25-27(5)21(19)28)29-13-15(2)16(3)18-8-9-26(4)24-18/h6-11,15-16,23H,12-13H2,1-5H3/t15-,16+/m1/s1. The van der Waals surface area contributed by atoms with E-state index in [0.29, 0.717) is 24.7 Å². The van der Waals surface area contributed by atoms with Crippen molar-refractivity contribution in [2.75, 3.05) is 11.9 Å². The van der Waals surface area contributed by atoms with E-state index in [-0.39, 0.29) is 17.4 Å². The zero-order valence-corrected chi connectivity index (χ0v) is 17.6. The van der Waals surface area contributed by atoms with Crippen LogP contribution in [-0.2, 0) is 20.6 Å². The van der Waals surface area contributed by atoms with Gasteiger partial charge >= 0.3 is 0 Å². The molecule has 0 amide bonds. The maximum atomic E-state index is 12.4. The van der Waals surface area contributed by atoms with E-state index in [9.17, 15) is 4.79 Å². The number of hydrogen-bond acceptors (Lipinski definition) is 6. The van der Waals surface area contributed by atoms with Crippen molar-refractivity contribution in [3.63, 3.8) is 0 Å². The average molecular weight is 396 g/mol. The number of ether oxygens (including phenoxy) is 1. The number of aromatic nitrogens is 5. The van der Waals surface area contributed by atoms with Gasteiger partial charge in [-0.2, -0.15) is 5.10 Å². The van der Waals surface area contributed by atoms with Gasteiger partial charge in [0.25, 0.3) is 5.56 Å². The molecule has 0 bridgehead atoms. The van der Waals surface area contributed by atoms with Crippen molar-refractivity contribution in [1.29, 1.82) is 0 Å². The summed E-state index contributed by atoms with van der Waals surface area (Å²) < 4.78 is 8.99. The van der Waals surface area contributed by atoms with Crippen LogP contribution in [0.15, 0.2) is 41.5 Å². The Morgan fingerprint density at radius 1 is 1.17 bits per heavy atom. The Bertz CT molecular complexity index is 1010. The predicted octanol–water partition coefficient (Wildman–Crippen LogP) is 2.65. The van der Waals surface area contributed by atoms with Crippen LogP contribution in [-0.4, -0.2) is 31.2 Å². The Morgan fingerprint density at radius 3 is 2.62 bits per heavy atom. The van der Waals surface area contributed by atoms with Crippen molar-refractivity contribution in [3.8, 4) is 5.88 Å². The molecule has 29 heavy (non-hydrogen) atoms. The van der Waals surface area contributed by atoms with Crippen LogP contribution >= 0.6 is 0 Å². The smallest absolute Gasteiger partial charge is 0.290 e. The summed E-state index contributed by atoms with van der Waals surface area (Å²) in [4.78, 5) is 16.7. The first-order valence-electron chi connectivity index (χ1n) is 9.69. The van der Waals surface area contributed by atoms with Crippen LogP contribution in [0, 0.1) is 12.8 Å². The minimum atomic E-state index is -0.209. The largest absolute Gasteiger partial charge is 0.476 e. The van der Waals surface area contributed by atoms with Crippen molar-refractivity contribution in [2.24, 2.45) is 20.0 Å². The summed E-state index contributed by atoms with van der Waals surface area (Å²) in [5.74, 6) is 0.887. The van der Waals surface area contributed by atoms with E-state index in [4.69, 9.17) is 4.74 Å². The SMILES string of the molecule is Cc1ccc(CNc2cc(OC[C@@H](C)[C@H](C)c3ccn(C)n3)nn(C)c2=O)nc1. The van der Waals surface area contributed by atoms with E-state index < -0.39 is 0 Å². The van der Waals surface area contributed by atoms with Gasteiger partial charge in [0, 0.05) is 38.5 Å². The fraction of sp³-hybridized carbons (Fsp3) is 0.429. The average Bonchev–Trinajstić information content (AvgIpc) is 3.14. The molecule has 2 atom stereocenters. The lowest BCUT2D eigenvalue weighted by Crippen LogP contribution is -2.25. The highest BCUT2D eigenvalue weighted by molar-refractivity contribution is 5.43. The molecule has 0 radical (unpaired) electrons. The van der Waals surface area contributed by atoms with Gasteiger partial charge in [0.2, 0.25) is 5.88 Å². The normalized spacial score (nSPS) is 13.1. The van der Waals surface area contributed by atoms with Gasteiger partial charge in [-0.1, -0.05) is 19.9 Å². The lowest BCUT2D eigenvalue weighted by Gasteiger charge is -2.19. The van der Waals surface area contributed by atoms with Crippen molar-refractivity contribution < 1.29 is 4.74 Å². The highest BCUT2D eigenvalue weighted by Gasteiger charge is 2.18. The first-order valence-corrected chi connectivity index (χ1v) is 9.69. The van der Waals surface area contributed by atoms with E-state index in [2.05, 4.69) is 34.3 Å². The molecule has 0 unspecified atom stereocenters. The molecule has 0 spiro atoms. The number of pyridine rings is 1. The van der Waals surface area contributed by atoms with Crippen LogP contribution in [0.5, 0.6) is 5.88 Å². The molecule has 3 heterocycles. The van der Waals surface area contributed by atoms with Gasteiger partial charge in [0.1, 0.15) is 5.69 Å². The van der Waals surface area contributed by atoms with E-state index in [1.807, 2.05) is 38.4 Å². The summed E-state index contributed by atoms with van der Waals surface area (Å²) in [5, 5.41) is 11.8. The molecule has 0 aliphatic heterocycles. The molecule has 154 valence electrons. The highest BCUT2D eigenvalue weighted by atomic mass is 16.5. The fourth-order valence-electron chi connectivity index (χ4n) is 2.90. The number of nitrogens with zero attached hydrogens (tertiary/aromatic N) is 5. The summed E-state index contributed by atoms with van der Waals surface area (Å²) >= 11 is 0. The third-order valence-electron chi connectivity index (χ3n) is 5.02. The van der Waals surface area contributed by atoms with E-state index in [0.717, 1.165) is 17.0 Å². The third kappa shape index (κ3) is 5.22. The molecule has 0 aliphatic rings. The lowest BCUT2D eigenvalue weighted by molar-refractivity contribution is 0.227. The van der Waals surface area contributed by atoms with Crippen LogP contribution in [0.4, 0.5) is 5.69 Å². The van der Waals surface area contributed by atoms with E-state index >= 15 is 0 Å². The Labute approximate surface area is 170 Å². The number of nitrogens with one attached hydrogen (secondary N) is 1. The van der Waals surface area contributed by atoms with Gasteiger partial charge in [-0.05, 0) is 30.5 Å². The van der Waals surface area contributed by atoms with Crippen LogP contribution in [0.1, 0.15) is 36.7 Å². The molecule has 3 aromatic rings. The van der Waals surface area contributed by atoms with Crippen LogP contribution in [0.3, 0.4) is 0 Å². The molecule has 0 fully saturated rings. The second-order valence-electron chi connectivity index (χ2n) is 7.50. The second kappa shape index (κ2) is 8.89. The first kappa shape index (κ1) is 20.6. The fourth-order valence-corrected chi connectivity index (χ4v) is 2.90. The molecule has 8 nitrogen and oxygen atoms in total. The molecule has 1 N–H and O–H groups in total. The second-order valence-corrected chi connectivity index (χ2v) is 7.50. The first-order chi connectivity index (χ1) is 13.8. The van der Waals surface area contributed by atoms with Gasteiger partial charge in [0.15, 0.2) is 0 Å². The lowest BCUT2D eigenvalue weighted by atomic mass is 9.94. The molecule has 0 aliphatic carbocycles. The van der Waals surface area contributed by atoms with Gasteiger partial charge in [-0.3, -0.25) is 14.5 Å². The maximum absolute atomic E-state index is 12.4. The van der Waals surface area contributed by atoms with Gasteiger partial charge in [0.05, 0.1) is 24.5 Å². The number of hydrogen-bond donors (Lipinski definition) is 1. The zero-order chi connectivity index (χ0) is 21.0. The highest BCUT2D eigenvalue weighted by Crippen LogP contribution is 2.23. The van der Waals surface area contributed by atoms with Crippen molar-refractivity contribution in [1.82, 2.24) is 24.5 Å². The Balaban J connectivity index is 1.65. The Hall–Kier alpha value is -3.16. The number of aryl methyl sites for hydroxylation is 3. The van der Waals surface area contributed by atoms with E-state index in [1.165, 1.54) is 4.68 Å². The van der Waals surface area contributed by atoms with Crippen molar-refractivity contribution >= 4 is 5.69 Å². The summed E-state index contributed by atoms with van der Waals surface area (Å²) in [6, 6.07) is 7.60. The Kier molecular flexibility index (Phi) is 6.31. The third-order valence-corrected chi connectivity index (χ3v) is 5.02. The molecule has 0 saturated carbocycles. The van der Waals surface area contributed by atoms with Crippen LogP contribution in [0.25, 0.3) is 0 Å². The zero-order valence-electron chi connectivity index (χ0n) is 17.6. The van der Waals surface area contributed by atoms with Gasteiger partial charge < -0.3 is 10.1 Å². The maximum Gasteiger partial charge on any atom is 0.290 e. The predicted molar refractivity (Wildman–Crippen MR) is 112 cm³/mol. The molecular weight excluding hydrogens is 368 g/mol. The quantitative estimate of drug-likeness (QED) is 0.630. The molecule has 8 heteroatoms. The minimum absolute atomic E-state index is 0.209. The monoisotopic (exact) mass is 396 g/mol. The number of anilines is 1. The summed E-state index contributed by atoms with van der Waals surface area (Å²) in [7, 11) is 3.52. The number of rotatable bonds is 8. The molecule has 3 aromatic heterocycles. The molecule has 3 rings (SSSR count). The molecular formula is C21H28N6O2. The van der Waals surface area contributed by atoms with Gasteiger partial charge in [-0.25, -0.2) is 4.68 Å². The molecule has 0 saturated heterocycles. The van der Waals surface area contributed by atoms with Crippen molar-refractivity contribution in [2.45, 2.75) is 33.2 Å². The Morgan fingerprint density at radius 2 is 1.97 bits per heavy atom. The topological polar surface area (TPSA) is 86.9 Å². The minimum Gasteiger partial charge on any atom is -0.476 e. The van der Waals surface area contributed by atoms with Gasteiger partial charge in [-0.15, -0.1) is 5.10 Å². The summed E-state index contributed by atoms with van der Waals surface area (Å²) in [6.45, 7) is 7.16. The van der Waals surface area contributed by atoms with E-state index in [1.54, 1.807) is 24.0 Å². The van der Waals surface area contributed by atoms with Crippen molar-refractivity contribution in [3.05, 3.63) is 64.0 Å². The van der Waals surface area contributed by atoms with Crippen LogP contribution < -0.4 is 15.6 Å².